The van der Waals surface area contributed by atoms with E-state index in [9.17, 15) is 4.79 Å². The Morgan fingerprint density at radius 2 is 1.93 bits per heavy atom. The van der Waals surface area contributed by atoms with E-state index in [1.807, 2.05) is 6.92 Å². The topological polar surface area (TPSA) is 49.3 Å². The number of rotatable bonds is 4. The van der Waals surface area contributed by atoms with Gasteiger partial charge in [-0.1, -0.05) is 25.7 Å². The van der Waals surface area contributed by atoms with Gasteiger partial charge >= 0.3 is 35.5 Å². The van der Waals surface area contributed by atoms with Crippen LogP contribution in [0, 0.1) is 0 Å². The molecule has 1 atom stereocenters. The monoisotopic (exact) mass is 223 g/mol. The SMILES string of the molecule is CC(CC(=O)O)NC1CCCCCC1.[H-].[Na+]. The fourth-order valence-corrected chi connectivity index (χ4v) is 2.17. The van der Waals surface area contributed by atoms with Crippen molar-refractivity contribution in [1.29, 1.82) is 0 Å². The number of carbonyl (C=O) groups is 1. The standard InChI is InChI=1S/C11H21NO2.Na.H/c1-9(8-11(13)14)12-10-6-4-2-3-5-7-10;;/h9-10,12H,2-8H2,1H3,(H,13,14);;/q;+1;-1. The summed E-state index contributed by atoms with van der Waals surface area (Å²) >= 11 is 0. The molecule has 1 aliphatic carbocycles. The molecule has 0 aromatic heterocycles. The van der Waals surface area contributed by atoms with Crippen LogP contribution < -0.4 is 34.9 Å². The van der Waals surface area contributed by atoms with Crippen molar-refractivity contribution < 1.29 is 40.9 Å². The maximum Gasteiger partial charge on any atom is 1.00 e. The molecule has 0 radical (unpaired) electrons. The van der Waals surface area contributed by atoms with Gasteiger partial charge in [-0.2, -0.15) is 0 Å². The number of nitrogens with one attached hydrogen (secondary N) is 1. The molecule has 0 heterocycles. The molecule has 1 aliphatic rings. The quantitative estimate of drug-likeness (QED) is 0.488. The van der Waals surface area contributed by atoms with Crippen molar-refractivity contribution >= 4 is 5.97 Å². The van der Waals surface area contributed by atoms with Crippen molar-refractivity contribution in [2.24, 2.45) is 0 Å². The van der Waals surface area contributed by atoms with Crippen molar-refractivity contribution in [3.8, 4) is 0 Å². The van der Waals surface area contributed by atoms with Crippen molar-refractivity contribution in [3.63, 3.8) is 0 Å². The first-order chi connectivity index (χ1) is 6.68. The molecule has 4 heteroatoms. The van der Waals surface area contributed by atoms with Gasteiger partial charge < -0.3 is 11.8 Å². The van der Waals surface area contributed by atoms with Gasteiger partial charge in [0.25, 0.3) is 0 Å². The van der Waals surface area contributed by atoms with Crippen LogP contribution in [0.4, 0.5) is 0 Å². The molecule has 84 valence electrons. The van der Waals surface area contributed by atoms with Crippen LogP contribution in [-0.4, -0.2) is 23.2 Å². The third-order valence-corrected chi connectivity index (χ3v) is 2.86. The summed E-state index contributed by atoms with van der Waals surface area (Å²) in [4.78, 5) is 10.5. The second kappa shape index (κ2) is 8.57. The molecule has 15 heavy (non-hydrogen) atoms. The van der Waals surface area contributed by atoms with Gasteiger partial charge in [0.15, 0.2) is 0 Å². The zero-order valence-electron chi connectivity index (χ0n) is 11.0. The second-order valence-electron chi connectivity index (χ2n) is 4.35. The zero-order valence-corrected chi connectivity index (χ0v) is 12.0. The van der Waals surface area contributed by atoms with E-state index in [1.165, 1.54) is 38.5 Å². The first-order valence-corrected chi connectivity index (χ1v) is 5.66. The Labute approximate surface area is 116 Å². The van der Waals surface area contributed by atoms with Gasteiger partial charge in [-0.3, -0.25) is 4.79 Å². The number of carboxylic acids is 1. The maximum atomic E-state index is 10.5. The Balaban J connectivity index is 0. The van der Waals surface area contributed by atoms with E-state index in [2.05, 4.69) is 5.32 Å². The van der Waals surface area contributed by atoms with Gasteiger partial charge in [0.05, 0.1) is 6.42 Å². The molecule has 1 saturated carbocycles. The van der Waals surface area contributed by atoms with Crippen molar-refractivity contribution in [3.05, 3.63) is 0 Å². The smallest absolute Gasteiger partial charge is 1.00 e. The Bertz CT molecular complexity index is 185. The summed E-state index contributed by atoms with van der Waals surface area (Å²) in [5.41, 5.74) is 0. The average molecular weight is 223 g/mol. The minimum absolute atomic E-state index is 0. The van der Waals surface area contributed by atoms with E-state index >= 15 is 0 Å². The summed E-state index contributed by atoms with van der Waals surface area (Å²) in [5, 5.41) is 12.0. The molecule has 1 unspecified atom stereocenters. The van der Waals surface area contributed by atoms with E-state index in [0.717, 1.165) is 0 Å². The Hall–Kier alpha value is 0.430. The molecule has 0 amide bonds. The molecule has 1 rings (SSSR count). The summed E-state index contributed by atoms with van der Waals surface area (Å²) in [6, 6.07) is 0.655. The first-order valence-electron chi connectivity index (χ1n) is 5.66. The molecule has 0 saturated heterocycles. The molecule has 2 N–H and O–H groups in total. The van der Waals surface area contributed by atoms with Crippen LogP contribution in [0.15, 0.2) is 0 Å². The number of hydrogen-bond acceptors (Lipinski definition) is 2. The summed E-state index contributed by atoms with van der Waals surface area (Å²) in [6.45, 7) is 1.96. The normalized spacial score (nSPS) is 20.1. The van der Waals surface area contributed by atoms with Crippen LogP contribution >= 0.6 is 0 Å². The molecular formula is C11H22NNaO2. The van der Waals surface area contributed by atoms with Crippen molar-refractivity contribution in [1.82, 2.24) is 5.32 Å². The Morgan fingerprint density at radius 3 is 2.40 bits per heavy atom. The van der Waals surface area contributed by atoms with E-state index in [-0.39, 0.29) is 43.4 Å². The van der Waals surface area contributed by atoms with Gasteiger partial charge in [-0.25, -0.2) is 0 Å². The molecule has 0 spiro atoms. The van der Waals surface area contributed by atoms with Crippen LogP contribution in [0.5, 0.6) is 0 Å². The van der Waals surface area contributed by atoms with E-state index in [1.54, 1.807) is 0 Å². The average Bonchev–Trinajstić information content (AvgIpc) is 2.31. The molecule has 3 nitrogen and oxygen atoms in total. The van der Waals surface area contributed by atoms with Crippen LogP contribution in [0.25, 0.3) is 0 Å². The van der Waals surface area contributed by atoms with Crippen LogP contribution in [0.3, 0.4) is 0 Å². The minimum Gasteiger partial charge on any atom is -1.00 e. The third-order valence-electron chi connectivity index (χ3n) is 2.86. The summed E-state index contributed by atoms with van der Waals surface area (Å²) in [6.07, 6.45) is 7.91. The maximum absolute atomic E-state index is 10.5. The zero-order chi connectivity index (χ0) is 10.4. The minimum atomic E-state index is -0.710. The van der Waals surface area contributed by atoms with Crippen LogP contribution in [-0.2, 0) is 4.79 Å². The molecule has 0 aliphatic heterocycles. The molecule has 0 bridgehead atoms. The predicted octanol–water partition coefficient (Wildman–Crippen LogP) is -0.721. The molecular weight excluding hydrogens is 201 g/mol. The van der Waals surface area contributed by atoms with Crippen molar-refractivity contribution in [2.45, 2.75) is 64.0 Å². The van der Waals surface area contributed by atoms with Gasteiger partial charge in [-0.15, -0.1) is 0 Å². The third kappa shape index (κ3) is 7.34. The largest absolute Gasteiger partial charge is 1.00 e. The molecule has 1 fully saturated rings. The van der Waals surface area contributed by atoms with Crippen LogP contribution in [0.2, 0.25) is 0 Å². The summed E-state index contributed by atoms with van der Waals surface area (Å²) in [7, 11) is 0. The van der Waals surface area contributed by atoms with E-state index in [0.29, 0.717) is 6.04 Å². The Morgan fingerprint density at radius 1 is 1.40 bits per heavy atom. The van der Waals surface area contributed by atoms with Gasteiger partial charge in [0.1, 0.15) is 0 Å². The number of carboxylic acid groups (broad SMARTS) is 1. The van der Waals surface area contributed by atoms with E-state index in [4.69, 9.17) is 5.11 Å². The first kappa shape index (κ1) is 15.4. The van der Waals surface area contributed by atoms with Crippen molar-refractivity contribution in [2.75, 3.05) is 0 Å². The summed E-state index contributed by atoms with van der Waals surface area (Å²) < 4.78 is 0. The molecule has 0 aromatic carbocycles. The van der Waals surface area contributed by atoms with Crippen LogP contribution in [0.1, 0.15) is 53.3 Å². The van der Waals surface area contributed by atoms with Gasteiger partial charge in [0, 0.05) is 12.1 Å². The predicted molar refractivity (Wildman–Crippen MR) is 57.5 cm³/mol. The van der Waals surface area contributed by atoms with E-state index < -0.39 is 5.97 Å². The second-order valence-corrected chi connectivity index (χ2v) is 4.35. The molecule has 0 aromatic rings. The Kier molecular flexibility index (Phi) is 8.81. The fourth-order valence-electron chi connectivity index (χ4n) is 2.17. The van der Waals surface area contributed by atoms with Gasteiger partial charge in [-0.05, 0) is 19.8 Å². The number of hydrogen-bond donors (Lipinski definition) is 2. The van der Waals surface area contributed by atoms with Gasteiger partial charge in [0.2, 0.25) is 0 Å². The summed E-state index contributed by atoms with van der Waals surface area (Å²) in [5.74, 6) is -0.710. The number of aliphatic carboxylic acids is 1. The fraction of sp³-hybridized carbons (Fsp3) is 0.909.